The molecule has 3 aliphatic heterocycles. The highest BCUT2D eigenvalue weighted by Crippen LogP contribution is 2.57. The number of benzene rings is 1. The average Bonchev–Trinajstić information content (AvgIpc) is 3.07. The number of rotatable bonds is 2. The Balaban J connectivity index is 1.68. The van der Waals surface area contributed by atoms with Crippen molar-refractivity contribution in [3.63, 3.8) is 0 Å². The van der Waals surface area contributed by atoms with E-state index in [0.29, 0.717) is 6.54 Å². The summed E-state index contributed by atoms with van der Waals surface area (Å²) in [6.07, 6.45) is 3.57. The number of ether oxygens (including phenoxy) is 1. The average molecular weight is 365 g/mol. The van der Waals surface area contributed by atoms with Crippen molar-refractivity contribution >= 4 is 21.6 Å². The number of aryl methyl sites for hydroxylation is 1. The second-order valence-corrected chi connectivity index (χ2v) is 7.48. The zero-order chi connectivity index (χ0) is 15.7. The van der Waals surface area contributed by atoms with Gasteiger partial charge in [0.05, 0.1) is 23.1 Å². The number of nitrogens with zero attached hydrogens (tertiary/aromatic N) is 2. The van der Waals surface area contributed by atoms with Crippen LogP contribution in [0.5, 0.6) is 0 Å². The molecule has 4 atom stereocenters. The molecule has 3 heterocycles. The zero-order valence-corrected chi connectivity index (χ0v) is 14.0. The number of fused-ring (bicyclic) bond motifs is 1. The lowest BCUT2D eigenvalue weighted by molar-refractivity contribution is -0.615. The van der Waals surface area contributed by atoms with Crippen LogP contribution in [0.25, 0.3) is 0 Å². The van der Waals surface area contributed by atoms with Crippen LogP contribution < -0.4 is 4.90 Å². The summed E-state index contributed by atoms with van der Waals surface area (Å²) in [6.45, 7) is 5.44. The molecule has 0 aromatic heterocycles. The Labute approximate surface area is 137 Å². The van der Waals surface area contributed by atoms with Gasteiger partial charge in [0.15, 0.2) is 0 Å². The molecular weight excluding hydrogens is 348 g/mol. The monoisotopic (exact) mass is 364 g/mol. The fraction of sp³-hybridized carbons (Fsp3) is 0.500. The highest BCUT2D eigenvalue weighted by Gasteiger charge is 2.72. The summed E-state index contributed by atoms with van der Waals surface area (Å²) in [6, 6.07) is 6.28. The minimum Gasteiger partial charge on any atom is -0.367 e. The Morgan fingerprint density at radius 3 is 2.86 bits per heavy atom. The van der Waals surface area contributed by atoms with Crippen LogP contribution in [0.3, 0.4) is 0 Å². The van der Waals surface area contributed by atoms with Crippen molar-refractivity contribution in [1.82, 2.24) is 0 Å². The smallest absolute Gasteiger partial charge is 0.348 e. The van der Waals surface area contributed by atoms with Gasteiger partial charge in [0.2, 0.25) is 0 Å². The molecule has 0 N–H and O–H groups in total. The van der Waals surface area contributed by atoms with E-state index in [1.54, 1.807) is 6.08 Å². The van der Waals surface area contributed by atoms with Gasteiger partial charge in [0, 0.05) is 23.0 Å². The van der Waals surface area contributed by atoms with E-state index in [9.17, 15) is 10.1 Å². The Bertz CT molecular complexity index is 707. The van der Waals surface area contributed by atoms with Crippen LogP contribution in [0.1, 0.15) is 12.5 Å². The van der Waals surface area contributed by atoms with Gasteiger partial charge in [-0.2, -0.15) is 0 Å². The van der Waals surface area contributed by atoms with Gasteiger partial charge in [0.25, 0.3) is 0 Å². The van der Waals surface area contributed by atoms with E-state index in [-0.39, 0.29) is 16.8 Å². The summed E-state index contributed by atoms with van der Waals surface area (Å²) < 4.78 is 7.05. The normalized spacial score (nSPS) is 38.6. The summed E-state index contributed by atoms with van der Waals surface area (Å²) in [5.41, 5.74) is 0.487. The van der Waals surface area contributed by atoms with Crippen molar-refractivity contribution in [2.45, 2.75) is 25.2 Å². The molecule has 6 heteroatoms. The van der Waals surface area contributed by atoms with E-state index in [4.69, 9.17) is 4.74 Å². The first-order chi connectivity index (χ1) is 10.4. The third kappa shape index (κ3) is 1.62. The highest BCUT2D eigenvalue weighted by molar-refractivity contribution is 9.10. The van der Waals surface area contributed by atoms with Crippen LogP contribution in [0.2, 0.25) is 0 Å². The molecule has 0 radical (unpaired) electrons. The van der Waals surface area contributed by atoms with Crippen LogP contribution in [0.4, 0.5) is 5.69 Å². The van der Waals surface area contributed by atoms with Crippen LogP contribution in [0, 0.1) is 28.9 Å². The lowest BCUT2D eigenvalue weighted by Crippen LogP contribution is -2.42. The summed E-state index contributed by atoms with van der Waals surface area (Å²) in [5.74, 6) is 0.0258. The number of hydrogen-bond donors (Lipinski definition) is 0. The van der Waals surface area contributed by atoms with Gasteiger partial charge in [-0.15, -0.1) is 0 Å². The summed E-state index contributed by atoms with van der Waals surface area (Å²) in [5, 5.41) is 11.5. The van der Waals surface area contributed by atoms with Crippen molar-refractivity contribution in [2.24, 2.45) is 11.8 Å². The molecule has 0 aliphatic carbocycles. The van der Waals surface area contributed by atoms with Crippen molar-refractivity contribution in [1.29, 1.82) is 0 Å². The predicted octanol–water partition coefficient (Wildman–Crippen LogP) is 3.14. The molecule has 3 aliphatic rings. The molecule has 2 fully saturated rings. The topological polar surface area (TPSA) is 55.6 Å². The van der Waals surface area contributed by atoms with E-state index in [2.05, 4.69) is 46.0 Å². The van der Waals surface area contributed by atoms with Crippen molar-refractivity contribution in [3.8, 4) is 0 Å². The van der Waals surface area contributed by atoms with E-state index in [0.717, 1.165) is 16.7 Å². The molecule has 0 amide bonds. The molecule has 2 saturated heterocycles. The van der Waals surface area contributed by atoms with Crippen LogP contribution in [-0.4, -0.2) is 29.3 Å². The third-order valence-corrected chi connectivity index (χ3v) is 6.06. The molecule has 4 rings (SSSR count). The van der Waals surface area contributed by atoms with Crippen molar-refractivity contribution in [3.05, 3.63) is 50.5 Å². The van der Waals surface area contributed by atoms with E-state index >= 15 is 0 Å². The Hall–Kier alpha value is -1.40. The standard InChI is InChI=1S/C16H17BrN2O3/c1-10-3-4-14(13(17)7-10)18-8-12-11(2)16(19(20)21)6-5-15(12,9-18)22-16/h3-7,11-12H,8-9H2,1-2H3/t11-,12-,15-,16-/m0/s1. The van der Waals surface area contributed by atoms with Gasteiger partial charge in [0.1, 0.15) is 5.60 Å². The molecular formula is C16H17BrN2O3. The quantitative estimate of drug-likeness (QED) is 0.459. The third-order valence-electron chi connectivity index (χ3n) is 5.43. The molecule has 1 aromatic carbocycles. The highest BCUT2D eigenvalue weighted by atomic mass is 79.9. The molecule has 0 saturated carbocycles. The number of halogens is 1. The van der Waals surface area contributed by atoms with E-state index in [1.807, 2.05) is 13.0 Å². The maximum absolute atomic E-state index is 11.5. The first kappa shape index (κ1) is 14.2. The molecule has 5 nitrogen and oxygen atoms in total. The maximum atomic E-state index is 11.5. The fourth-order valence-corrected chi connectivity index (χ4v) is 4.96. The lowest BCUT2D eigenvalue weighted by Gasteiger charge is -2.25. The SMILES string of the molecule is Cc1ccc(N2C[C@H]3[C@H](C)[C@]4([N+](=O)[O-])C=C[C@@]3(C2)O4)c(Br)c1. The lowest BCUT2D eigenvalue weighted by atomic mass is 9.76. The first-order valence-corrected chi connectivity index (χ1v) is 8.23. The van der Waals surface area contributed by atoms with Gasteiger partial charge in [-0.1, -0.05) is 13.0 Å². The van der Waals surface area contributed by atoms with Gasteiger partial charge < -0.3 is 4.90 Å². The van der Waals surface area contributed by atoms with E-state index < -0.39 is 11.3 Å². The summed E-state index contributed by atoms with van der Waals surface area (Å²) >= 11 is 3.63. The molecule has 1 spiro atoms. The summed E-state index contributed by atoms with van der Waals surface area (Å²) in [4.78, 5) is 13.5. The largest absolute Gasteiger partial charge is 0.367 e. The Morgan fingerprint density at radius 2 is 2.23 bits per heavy atom. The predicted molar refractivity (Wildman–Crippen MR) is 86.4 cm³/mol. The van der Waals surface area contributed by atoms with Gasteiger partial charge in [-0.05, 0) is 46.6 Å². The maximum Gasteiger partial charge on any atom is 0.348 e. The number of hydrogen-bond acceptors (Lipinski definition) is 4. The second-order valence-electron chi connectivity index (χ2n) is 6.63. The Kier molecular flexibility index (Phi) is 2.79. The molecule has 2 bridgehead atoms. The minimum absolute atomic E-state index is 0.123. The second kappa shape index (κ2) is 4.32. The van der Waals surface area contributed by atoms with E-state index in [1.165, 1.54) is 5.56 Å². The van der Waals surface area contributed by atoms with Gasteiger partial charge >= 0.3 is 5.72 Å². The van der Waals surface area contributed by atoms with Crippen LogP contribution >= 0.6 is 15.9 Å². The molecule has 1 aromatic rings. The number of nitro groups is 1. The van der Waals surface area contributed by atoms with Crippen LogP contribution in [0.15, 0.2) is 34.8 Å². The number of anilines is 1. The van der Waals surface area contributed by atoms with Crippen LogP contribution in [-0.2, 0) is 4.74 Å². The molecule has 116 valence electrons. The van der Waals surface area contributed by atoms with Crippen molar-refractivity contribution < 1.29 is 9.66 Å². The molecule has 0 unspecified atom stereocenters. The van der Waals surface area contributed by atoms with Gasteiger partial charge in [-0.25, -0.2) is 0 Å². The zero-order valence-electron chi connectivity index (χ0n) is 12.5. The van der Waals surface area contributed by atoms with Crippen molar-refractivity contribution in [2.75, 3.05) is 18.0 Å². The molecule has 22 heavy (non-hydrogen) atoms. The Morgan fingerprint density at radius 1 is 1.45 bits per heavy atom. The first-order valence-electron chi connectivity index (χ1n) is 7.44. The minimum atomic E-state index is -1.32. The summed E-state index contributed by atoms with van der Waals surface area (Å²) in [7, 11) is 0. The fourth-order valence-electron chi connectivity index (χ4n) is 4.22. The van der Waals surface area contributed by atoms with Gasteiger partial charge in [-0.3, -0.25) is 14.9 Å².